The normalized spacial score (nSPS) is 18.2. The van der Waals surface area contributed by atoms with Crippen LogP contribution in [0.5, 0.6) is 0 Å². The molecule has 0 unspecified atom stereocenters. The summed E-state index contributed by atoms with van der Waals surface area (Å²) in [6.07, 6.45) is 2.48. The standard InChI is InChI=1S/C25H21ClN4O/c26-21-9-7-18(8-10-21)23(31)30-25(12-14-27-16-25)24-28-13-11-22(29-24)20-6-5-17-3-1-2-4-19(17)15-20/h1-11,13,15,27H,12,14,16H2,(H,30,31)/t25-/m0/s1. The first-order valence-corrected chi connectivity index (χ1v) is 10.6. The SMILES string of the molecule is O=C(N[C@@]1(c2nccc(-c3ccc4ccccc4c3)n2)CCNC1)c1ccc(Cl)cc1. The first-order chi connectivity index (χ1) is 15.1. The van der Waals surface area contributed by atoms with Gasteiger partial charge >= 0.3 is 0 Å². The van der Waals surface area contributed by atoms with Crippen LogP contribution in [0.1, 0.15) is 22.6 Å². The van der Waals surface area contributed by atoms with Crippen molar-refractivity contribution in [2.24, 2.45) is 0 Å². The van der Waals surface area contributed by atoms with Crippen molar-refractivity contribution in [1.82, 2.24) is 20.6 Å². The van der Waals surface area contributed by atoms with Gasteiger partial charge in [0.15, 0.2) is 5.82 Å². The summed E-state index contributed by atoms with van der Waals surface area (Å²) >= 11 is 5.96. The summed E-state index contributed by atoms with van der Waals surface area (Å²) in [5, 5.41) is 9.47. The Morgan fingerprint density at radius 2 is 1.81 bits per heavy atom. The van der Waals surface area contributed by atoms with Crippen molar-refractivity contribution in [2.45, 2.75) is 12.0 Å². The summed E-state index contributed by atoms with van der Waals surface area (Å²) < 4.78 is 0. The van der Waals surface area contributed by atoms with Gasteiger partial charge in [0.05, 0.1) is 5.69 Å². The summed E-state index contributed by atoms with van der Waals surface area (Å²) in [5.74, 6) is 0.450. The Labute approximate surface area is 185 Å². The zero-order valence-electron chi connectivity index (χ0n) is 16.8. The van der Waals surface area contributed by atoms with E-state index in [1.54, 1.807) is 30.5 Å². The summed E-state index contributed by atoms with van der Waals surface area (Å²) in [4.78, 5) is 22.4. The number of nitrogens with zero attached hydrogens (tertiary/aromatic N) is 2. The van der Waals surface area contributed by atoms with Gasteiger partial charge < -0.3 is 10.6 Å². The predicted molar refractivity (Wildman–Crippen MR) is 123 cm³/mol. The molecular formula is C25H21ClN4O. The Kier molecular flexibility index (Phi) is 5.14. The molecule has 1 aliphatic rings. The second-order valence-electron chi connectivity index (χ2n) is 7.80. The number of rotatable bonds is 4. The molecule has 1 atom stereocenters. The van der Waals surface area contributed by atoms with E-state index in [-0.39, 0.29) is 5.91 Å². The smallest absolute Gasteiger partial charge is 0.252 e. The van der Waals surface area contributed by atoms with Crippen LogP contribution in [0.25, 0.3) is 22.0 Å². The second kappa shape index (κ2) is 8.10. The Morgan fingerprint density at radius 1 is 1.00 bits per heavy atom. The summed E-state index contributed by atoms with van der Waals surface area (Å²) in [7, 11) is 0. The molecule has 0 saturated carbocycles. The van der Waals surface area contributed by atoms with E-state index in [0.717, 1.165) is 23.2 Å². The van der Waals surface area contributed by atoms with E-state index in [4.69, 9.17) is 16.6 Å². The highest BCUT2D eigenvalue weighted by molar-refractivity contribution is 6.30. The van der Waals surface area contributed by atoms with Crippen molar-refractivity contribution in [3.8, 4) is 11.3 Å². The lowest BCUT2D eigenvalue weighted by atomic mass is 9.96. The number of fused-ring (bicyclic) bond motifs is 1. The molecule has 0 bridgehead atoms. The van der Waals surface area contributed by atoms with Gasteiger partial charge in [0, 0.05) is 28.9 Å². The van der Waals surface area contributed by atoms with Crippen molar-refractivity contribution in [1.29, 1.82) is 0 Å². The Balaban J connectivity index is 1.49. The third-order valence-corrected chi connectivity index (χ3v) is 6.00. The third-order valence-electron chi connectivity index (χ3n) is 5.74. The van der Waals surface area contributed by atoms with Crippen LogP contribution < -0.4 is 10.6 Å². The highest BCUT2D eigenvalue weighted by Crippen LogP contribution is 2.29. The predicted octanol–water partition coefficient (Wildman–Crippen LogP) is 4.57. The van der Waals surface area contributed by atoms with Crippen molar-refractivity contribution in [2.75, 3.05) is 13.1 Å². The fourth-order valence-electron chi connectivity index (χ4n) is 4.03. The zero-order valence-corrected chi connectivity index (χ0v) is 17.6. The quantitative estimate of drug-likeness (QED) is 0.499. The van der Waals surface area contributed by atoms with Crippen molar-refractivity contribution in [3.63, 3.8) is 0 Å². The number of benzene rings is 3. The summed E-state index contributed by atoms with van der Waals surface area (Å²) in [5.41, 5.74) is 1.75. The van der Waals surface area contributed by atoms with Crippen LogP contribution in [0, 0.1) is 0 Å². The van der Waals surface area contributed by atoms with Crippen LogP contribution in [0.4, 0.5) is 0 Å². The summed E-state index contributed by atoms with van der Waals surface area (Å²) in [6.45, 7) is 1.36. The van der Waals surface area contributed by atoms with Crippen LogP contribution >= 0.6 is 11.6 Å². The van der Waals surface area contributed by atoms with E-state index in [0.29, 0.717) is 29.4 Å². The average Bonchev–Trinajstić information content (AvgIpc) is 3.29. The molecule has 1 fully saturated rings. The Bertz CT molecular complexity index is 1250. The van der Waals surface area contributed by atoms with Crippen LogP contribution in [-0.4, -0.2) is 29.0 Å². The molecule has 1 saturated heterocycles. The van der Waals surface area contributed by atoms with Gasteiger partial charge in [-0.15, -0.1) is 0 Å². The van der Waals surface area contributed by atoms with E-state index >= 15 is 0 Å². The molecule has 0 radical (unpaired) electrons. The summed E-state index contributed by atoms with van der Waals surface area (Å²) in [6, 6.07) is 23.3. The number of carbonyl (C=O) groups excluding carboxylic acids is 1. The van der Waals surface area contributed by atoms with Gasteiger partial charge in [-0.05, 0) is 60.1 Å². The molecule has 2 N–H and O–H groups in total. The second-order valence-corrected chi connectivity index (χ2v) is 8.23. The molecule has 2 heterocycles. The van der Waals surface area contributed by atoms with E-state index in [1.807, 2.05) is 18.2 Å². The number of amides is 1. The molecule has 1 aliphatic heterocycles. The van der Waals surface area contributed by atoms with Crippen molar-refractivity contribution >= 4 is 28.3 Å². The number of nitrogens with one attached hydrogen (secondary N) is 2. The van der Waals surface area contributed by atoms with Gasteiger partial charge in [-0.3, -0.25) is 4.79 Å². The highest BCUT2D eigenvalue weighted by atomic mass is 35.5. The minimum atomic E-state index is -0.663. The molecule has 5 nitrogen and oxygen atoms in total. The number of aromatic nitrogens is 2. The van der Waals surface area contributed by atoms with Gasteiger partial charge in [0.2, 0.25) is 0 Å². The minimum absolute atomic E-state index is 0.167. The van der Waals surface area contributed by atoms with Crippen LogP contribution in [0.2, 0.25) is 5.02 Å². The number of hydrogen-bond acceptors (Lipinski definition) is 4. The molecule has 31 heavy (non-hydrogen) atoms. The molecule has 6 heteroatoms. The van der Waals surface area contributed by atoms with Gasteiger partial charge in [0.1, 0.15) is 5.54 Å². The topological polar surface area (TPSA) is 66.9 Å². The fraction of sp³-hybridized carbons (Fsp3) is 0.160. The lowest BCUT2D eigenvalue weighted by Gasteiger charge is -2.28. The molecular weight excluding hydrogens is 408 g/mol. The number of hydrogen-bond donors (Lipinski definition) is 2. The van der Waals surface area contributed by atoms with Crippen LogP contribution in [-0.2, 0) is 5.54 Å². The lowest BCUT2D eigenvalue weighted by Crippen LogP contribution is -2.48. The highest BCUT2D eigenvalue weighted by Gasteiger charge is 2.40. The molecule has 4 aromatic rings. The van der Waals surface area contributed by atoms with E-state index < -0.39 is 5.54 Å². The van der Waals surface area contributed by atoms with E-state index in [1.165, 1.54) is 5.39 Å². The largest absolute Gasteiger partial charge is 0.338 e. The Hall–Kier alpha value is -3.28. The lowest BCUT2D eigenvalue weighted by molar-refractivity contribution is 0.0900. The van der Waals surface area contributed by atoms with Gasteiger partial charge in [0.25, 0.3) is 5.91 Å². The number of halogens is 1. The van der Waals surface area contributed by atoms with Crippen LogP contribution in [0.3, 0.4) is 0 Å². The maximum Gasteiger partial charge on any atom is 0.252 e. The van der Waals surface area contributed by atoms with Gasteiger partial charge in [-0.25, -0.2) is 9.97 Å². The van der Waals surface area contributed by atoms with Crippen molar-refractivity contribution < 1.29 is 4.79 Å². The molecule has 1 amide bonds. The minimum Gasteiger partial charge on any atom is -0.338 e. The van der Waals surface area contributed by atoms with Crippen molar-refractivity contribution in [3.05, 3.63) is 95.4 Å². The molecule has 0 spiro atoms. The molecule has 154 valence electrons. The fourth-order valence-corrected chi connectivity index (χ4v) is 4.16. The molecule has 1 aromatic heterocycles. The maximum absolute atomic E-state index is 13.0. The average molecular weight is 429 g/mol. The third kappa shape index (κ3) is 3.90. The zero-order chi connectivity index (χ0) is 21.3. The maximum atomic E-state index is 13.0. The Morgan fingerprint density at radius 3 is 2.58 bits per heavy atom. The molecule has 3 aromatic carbocycles. The van der Waals surface area contributed by atoms with Gasteiger partial charge in [-0.1, -0.05) is 48.0 Å². The molecule has 5 rings (SSSR count). The van der Waals surface area contributed by atoms with Crippen LogP contribution in [0.15, 0.2) is 79.0 Å². The van der Waals surface area contributed by atoms with Gasteiger partial charge in [-0.2, -0.15) is 0 Å². The monoisotopic (exact) mass is 428 g/mol. The van der Waals surface area contributed by atoms with E-state index in [2.05, 4.69) is 45.9 Å². The first-order valence-electron chi connectivity index (χ1n) is 10.2. The molecule has 0 aliphatic carbocycles. The number of carbonyl (C=O) groups is 1. The first kappa shape index (κ1) is 19.7. The van der Waals surface area contributed by atoms with E-state index in [9.17, 15) is 4.79 Å².